The van der Waals surface area contributed by atoms with Crippen LogP contribution in [-0.2, 0) is 14.9 Å². The number of methoxy groups -OCH3 is 1. The van der Waals surface area contributed by atoms with Crippen molar-refractivity contribution in [1.29, 1.82) is 0 Å². The number of carbonyl (C=O) groups excluding carboxylic acids is 1. The van der Waals surface area contributed by atoms with E-state index in [0.717, 1.165) is 81.3 Å². The fraction of sp³-hybridized carbons (Fsp3) is 0.500. The highest BCUT2D eigenvalue weighted by Crippen LogP contribution is 2.41. The fourth-order valence-corrected chi connectivity index (χ4v) is 4.71. The van der Waals surface area contributed by atoms with E-state index in [-0.39, 0.29) is 5.91 Å². The number of rotatable bonds is 8. The predicted molar refractivity (Wildman–Crippen MR) is 126 cm³/mol. The quantitative estimate of drug-likeness (QED) is 0.668. The molecular formula is C26H34N2O4. The topological polar surface area (TPSA) is 60.0 Å². The molecule has 1 aliphatic heterocycles. The predicted octanol–water partition coefficient (Wildman–Crippen LogP) is 4.25. The summed E-state index contributed by atoms with van der Waals surface area (Å²) in [5.41, 5.74) is 1.38. The number of ether oxygens (including phenoxy) is 3. The van der Waals surface area contributed by atoms with Gasteiger partial charge in [-0.1, -0.05) is 31.4 Å². The molecule has 2 aliphatic rings. The number of benzene rings is 2. The molecule has 0 radical (unpaired) electrons. The van der Waals surface area contributed by atoms with Gasteiger partial charge in [-0.15, -0.1) is 0 Å². The third kappa shape index (κ3) is 5.43. The molecule has 1 amide bonds. The molecule has 6 nitrogen and oxygen atoms in total. The van der Waals surface area contributed by atoms with Gasteiger partial charge in [0, 0.05) is 25.3 Å². The van der Waals surface area contributed by atoms with Crippen LogP contribution in [0.2, 0.25) is 0 Å². The third-order valence-corrected chi connectivity index (χ3v) is 6.68. The van der Waals surface area contributed by atoms with Gasteiger partial charge in [0.05, 0.1) is 25.7 Å². The minimum atomic E-state index is -0.488. The Kier molecular flexibility index (Phi) is 7.66. The number of amides is 1. The van der Waals surface area contributed by atoms with Crippen molar-refractivity contribution in [3.8, 4) is 11.5 Å². The zero-order valence-electron chi connectivity index (χ0n) is 19.0. The van der Waals surface area contributed by atoms with Crippen LogP contribution in [-0.4, -0.2) is 57.4 Å². The minimum Gasteiger partial charge on any atom is -0.497 e. The Balaban J connectivity index is 1.37. The number of carbonyl (C=O) groups is 1. The molecular weight excluding hydrogens is 404 g/mol. The summed E-state index contributed by atoms with van der Waals surface area (Å²) in [4.78, 5) is 15.8. The zero-order chi connectivity index (χ0) is 22.2. The zero-order valence-corrected chi connectivity index (χ0v) is 19.0. The molecule has 6 heteroatoms. The van der Waals surface area contributed by atoms with Gasteiger partial charge >= 0.3 is 0 Å². The molecule has 1 heterocycles. The van der Waals surface area contributed by atoms with Crippen molar-refractivity contribution in [3.05, 3.63) is 54.1 Å². The molecule has 1 N–H and O–H groups in total. The normalized spacial score (nSPS) is 18.7. The van der Waals surface area contributed by atoms with Gasteiger partial charge in [0.1, 0.15) is 18.1 Å². The van der Waals surface area contributed by atoms with Crippen LogP contribution in [0, 0.1) is 0 Å². The van der Waals surface area contributed by atoms with E-state index in [1.54, 1.807) is 7.11 Å². The lowest BCUT2D eigenvalue weighted by molar-refractivity contribution is -0.122. The van der Waals surface area contributed by atoms with Gasteiger partial charge in [0.15, 0.2) is 0 Å². The first-order valence-corrected chi connectivity index (χ1v) is 11.7. The van der Waals surface area contributed by atoms with Crippen LogP contribution < -0.4 is 14.8 Å². The molecule has 1 saturated carbocycles. The summed E-state index contributed by atoms with van der Waals surface area (Å²) < 4.78 is 16.6. The van der Waals surface area contributed by atoms with Crippen LogP contribution >= 0.6 is 0 Å². The Bertz CT molecular complexity index is 854. The Hall–Kier alpha value is -2.57. The Morgan fingerprint density at radius 2 is 1.62 bits per heavy atom. The highest BCUT2D eigenvalue weighted by Gasteiger charge is 2.41. The first-order valence-electron chi connectivity index (χ1n) is 11.7. The maximum absolute atomic E-state index is 13.5. The molecule has 1 aliphatic carbocycles. The maximum Gasteiger partial charge on any atom is 0.235 e. The van der Waals surface area contributed by atoms with E-state index in [9.17, 15) is 4.79 Å². The van der Waals surface area contributed by atoms with Crippen LogP contribution in [0.15, 0.2) is 48.5 Å². The van der Waals surface area contributed by atoms with Crippen molar-refractivity contribution >= 4 is 11.6 Å². The molecule has 0 unspecified atom stereocenters. The van der Waals surface area contributed by atoms with Gasteiger partial charge in [0.2, 0.25) is 5.91 Å². The molecule has 32 heavy (non-hydrogen) atoms. The van der Waals surface area contributed by atoms with E-state index >= 15 is 0 Å². The second kappa shape index (κ2) is 10.8. The van der Waals surface area contributed by atoms with E-state index in [1.165, 1.54) is 6.42 Å². The van der Waals surface area contributed by atoms with Crippen LogP contribution in [0.4, 0.5) is 5.69 Å². The molecule has 172 valence electrons. The van der Waals surface area contributed by atoms with Crippen LogP contribution in [0.1, 0.15) is 37.7 Å². The SMILES string of the molecule is COc1ccc(C2(C(=O)Nc3ccc(OCCN4CCOCC4)cc3)CCCCC2)cc1. The van der Waals surface area contributed by atoms with E-state index in [1.807, 2.05) is 48.5 Å². The number of nitrogens with one attached hydrogen (secondary N) is 1. The van der Waals surface area contributed by atoms with E-state index in [2.05, 4.69) is 10.2 Å². The molecule has 0 spiro atoms. The van der Waals surface area contributed by atoms with Crippen LogP contribution in [0.3, 0.4) is 0 Å². The Labute approximate surface area is 190 Å². The van der Waals surface area contributed by atoms with Crippen molar-refractivity contribution in [2.45, 2.75) is 37.5 Å². The summed E-state index contributed by atoms with van der Waals surface area (Å²) in [6.07, 6.45) is 5.05. The Morgan fingerprint density at radius 1 is 0.969 bits per heavy atom. The van der Waals surface area contributed by atoms with Gasteiger partial charge in [-0.25, -0.2) is 0 Å². The smallest absolute Gasteiger partial charge is 0.235 e. The van der Waals surface area contributed by atoms with Gasteiger partial charge in [0.25, 0.3) is 0 Å². The van der Waals surface area contributed by atoms with Crippen molar-refractivity contribution < 1.29 is 19.0 Å². The van der Waals surface area contributed by atoms with Crippen molar-refractivity contribution in [3.63, 3.8) is 0 Å². The maximum atomic E-state index is 13.5. The lowest BCUT2D eigenvalue weighted by Gasteiger charge is -2.36. The molecule has 0 aromatic heterocycles. The summed E-state index contributed by atoms with van der Waals surface area (Å²) in [6.45, 7) is 5.06. The second-order valence-corrected chi connectivity index (χ2v) is 8.65. The van der Waals surface area contributed by atoms with Gasteiger partial charge < -0.3 is 19.5 Å². The summed E-state index contributed by atoms with van der Waals surface area (Å²) in [7, 11) is 1.66. The lowest BCUT2D eigenvalue weighted by Crippen LogP contribution is -2.42. The first kappa shape index (κ1) is 22.6. The van der Waals surface area contributed by atoms with E-state index < -0.39 is 5.41 Å². The number of anilines is 1. The van der Waals surface area contributed by atoms with Gasteiger partial charge in [-0.05, 0) is 54.8 Å². The molecule has 2 aromatic carbocycles. The lowest BCUT2D eigenvalue weighted by atomic mass is 9.68. The number of nitrogens with zero attached hydrogens (tertiary/aromatic N) is 1. The highest BCUT2D eigenvalue weighted by molar-refractivity contribution is 5.99. The Morgan fingerprint density at radius 3 is 2.28 bits per heavy atom. The molecule has 4 rings (SSSR count). The van der Waals surface area contributed by atoms with Crippen molar-refractivity contribution in [1.82, 2.24) is 4.90 Å². The van der Waals surface area contributed by atoms with Crippen molar-refractivity contribution in [2.75, 3.05) is 51.9 Å². The summed E-state index contributed by atoms with van der Waals surface area (Å²) >= 11 is 0. The molecule has 2 aromatic rings. The van der Waals surface area contributed by atoms with E-state index in [4.69, 9.17) is 14.2 Å². The molecule has 0 bridgehead atoms. The first-order chi connectivity index (χ1) is 15.7. The van der Waals surface area contributed by atoms with Crippen LogP contribution in [0.5, 0.6) is 11.5 Å². The minimum absolute atomic E-state index is 0.0725. The molecule has 1 saturated heterocycles. The van der Waals surface area contributed by atoms with Gasteiger partial charge in [-0.2, -0.15) is 0 Å². The molecule has 2 fully saturated rings. The largest absolute Gasteiger partial charge is 0.497 e. The standard InChI is InChI=1S/C26H34N2O4/c1-30-23-9-5-21(6-10-23)26(13-3-2-4-14-26)25(29)27-22-7-11-24(12-8-22)32-20-17-28-15-18-31-19-16-28/h5-12H,2-4,13-20H2,1H3,(H,27,29). The second-order valence-electron chi connectivity index (χ2n) is 8.65. The highest BCUT2D eigenvalue weighted by atomic mass is 16.5. The third-order valence-electron chi connectivity index (χ3n) is 6.68. The average Bonchev–Trinajstić information content (AvgIpc) is 2.86. The summed E-state index contributed by atoms with van der Waals surface area (Å²) in [6, 6.07) is 15.7. The van der Waals surface area contributed by atoms with Crippen molar-refractivity contribution in [2.24, 2.45) is 0 Å². The number of hydrogen-bond donors (Lipinski definition) is 1. The molecule has 0 atom stereocenters. The summed E-state index contributed by atoms with van der Waals surface area (Å²) in [5, 5.41) is 3.17. The average molecular weight is 439 g/mol. The fourth-order valence-electron chi connectivity index (χ4n) is 4.71. The monoisotopic (exact) mass is 438 g/mol. The van der Waals surface area contributed by atoms with E-state index in [0.29, 0.717) is 6.61 Å². The van der Waals surface area contributed by atoms with Gasteiger partial charge in [-0.3, -0.25) is 9.69 Å². The summed E-state index contributed by atoms with van der Waals surface area (Å²) in [5.74, 6) is 1.70. The number of hydrogen-bond acceptors (Lipinski definition) is 5. The number of morpholine rings is 1. The van der Waals surface area contributed by atoms with Crippen LogP contribution in [0.25, 0.3) is 0 Å².